The number of hydrogen-bond donors (Lipinski definition) is 3. The van der Waals surface area contributed by atoms with Crippen molar-refractivity contribution in [2.24, 2.45) is 23.7 Å². The Morgan fingerprint density at radius 2 is 1.97 bits per heavy atom. The number of carbonyl (C=O) groups is 1. The molecule has 2 fully saturated rings. The summed E-state index contributed by atoms with van der Waals surface area (Å²) < 4.78 is 1.83. The molecule has 9 nitrogen and oxygen atoms in total. The van der Waals surface area contributed by atoms with Crippen LogP contribution in [0.5, 0.6) is 0 Å². The van der Waals surface area contributed by atoms with E-state index in [2.05, 4.69) is 28.1 Å². The van der Waals surface area contributed by atoms with Crippen LogP contribution in [0.25, 0.3) is 5.48 Å². The van der Waals surface area contributed by atoms with Crippen molar-refractivity contribution in [1.29, 1.82) is 0 Å². The number of aliphatic hydroxyl groups excluding tert-OH is 1. The maximum absolute atomic E-state index is 13.1. The van der Waals surface area contributed by atoms with Crippen molar-refractivity contribution in [3.8, 4) is 0 Å². The molecule has 0 spiro atoms. The van der Waals surface area contributed by atoms with Gasteiger partial charge in [-0.3, -0.25) is 14.8 Å². The molecule has 176 valence electrons. The van der Waals surface area contributed by atoms with Crippen molar-refractivity contribution in [3.63, 3.8) is 0 Å². The maximum atomic E-state index is 13.1. The van der Waals surface area contributed by atoms with Gasteiger partial charge in [0.05, 0.1) is 6.73 Å². The quantitative estimate of drug-likeness (QED) is 0.123. The summed E-state index contributed by atoms with van der Waals surface area (Å²) >= 11 is 0. The van der Waals surface area contributed by atoms with Gasteiger partial charge in [0.1, 0.15) is 0 Å². The summed E-state index contributed by atoms with van der Waals surface area (Å²) in [4.78, 5) is 23.7. The Hall–Kier alpha value is -0.832. The van der Waals surface area contributed by atoms with Crippen molar-refractivity contribution >= 4 is 11.7 Å². The fourth-order valence-electron chi connectivity index (χ4n) is 3.85. The van der Waals surface area contributed by atoms with Gasteiger partial charge in [0.15, 0.2) is 11.9 Å². The molecule has 31 heavy (non-hydrogen) atoms. The molecule has 10 heteroatoms. The summed E-state index contributed by atoms with van der Waals surface area (Å²) in [6, 6.07) is 1.77. The first-order valence-electron chi connectivity index (χ1n) is 11.2. The van der Waals surface area contributed by atoms with E-state index >= 15 is 0 Å². The molecule has 2 atom stereocenters. The zero-order chi connectivity index (χ0) is 21.5. The second-order valence-electron chi connectivity index (χ2n) is 9.01. The van der Waals surface area contributed by atoms with Crippen LogP contribution in [0.15, 0.2) is 12.3 Å². The molecule has 1 aromatic heterocycles. The Bertz CT molecular complexity index is 654. The summed E-state index contributed by atoms with van der Waals surface area (Å²) in [5.41, 5.74) is 3.92. The second-order valence-corrected chi connectivity index (χ2v) is 9.01. The number of nitrogens with one attached hydrogen (secondary N) is 2. The van der Waals surface area contributed by atoms with Crippen LogP contribution < -0.4 is 10.6 Å². The van der Waals surface area contributed by atoms with Crippen LogP contribution in [0.1, 0.15) is 52.9 Å². The van der Waals surface area contributed by atoms with E-state index in [0.717, 1.165) is 45.2 Å². The van der Waals surface area contributed by atoms with Gasteiger partial charge in [-0.25, -0.2) is 4.89 Å². The van der Waals surface area contributed by atoms with Gasteiger partial charge in [-0.15, -0.1) is 6.04 Å². The molecule has 1 amide bonds. The van der Waals surface area contributed by atoms with Crippen LogP contribution in [0.3, 0.4) is 0 Å². The molecule has 2 saturated carbocycles. The Kier molecular flexibility index (Phi) is 11.1. The number of rotatable bonds is 15. The molecule has 3 N–H and O–H groups in total. The minimum Gasteiger partial charge on any atom is -0.498 e. The van der Waals surface area contributed by atoms with Crippen LogP contribution in [-0.4, -0.2) is 46.2 Å². The molecular weight excluding hydrogens is 570 g/mol. The van der Waals surface area contributed by atoms with Crippen LogP contribution >= 0.6 is 0 Å². The molecule has 0 saturated heterocycles. The van der Waals surface area contributed by atoms with E-state index in [1.54, 1.807) is 6.07 Å². The van der Waals surface area contributed by atoms with Crippen LogP contribution in [-0.2, 0) is 42.3 Å². The Morgan fingerprint density at radius 3 is 2.55 bits per heavy atom. The first-order chi connectivity index (χ1) is 14.5. The summed E-state index contributed by atoms with van der Waals surface area (Å²) in [6.45, 7) is 7.41. The minimum absolute atomic E-state index is 0. The fourth-order valence-corrected chi connectivity index (χ4v) is 3.85. The first kappa shape index (κ1) is 26.4. The van der Waals surface area contributed by atoms with Crippen LogP contribution in [0, 0.1) is 23.7 Å². The SMILES string of the molecule is CC(CCNCO)Cn1ccc(NC(=O)C(OO[N-]C(C)C)C(C2CC2)C2CC2)n1.[W]. The molecule has 3 rings (SSSR count). The van der Waals surface area contributed by atoms with Crippen molar-refractivity contribution in [2.45, 2.75) is 71.6 Å². The van der Waals surface area contributed by atoms with Gasteiger partial charge in [0.25, 0.3) is 5.91 Å². The predicted molar refractivity (Wildman–Crippen MR) is 113 cm³/mol. The number of aliphatic hydroxyl groups is 1. The minimum atomic E-state index is -0.680. The third-order valence-corrected chi connectivity index (χ3v) is 5.66. The van der Waals surface area contributed by atoms with E-state index in [9.17, 15) is 4.79 Å². The standard InChI is InChI=1S/C21H36N5O4.W/c1-14(2)25-30-29-20(19(16-4-5-16)17-6-7-17)21(28)23-18-9-11-26(24-18)12-15(3)8-10-22-13-27;/h9,11,14-17,19-20,22,27H,4-8,10,12-13H2,1-3H3,(H,23,24,28);/q-1;. The normalized spacial score (nSPS) is 18.1. The average molecular weight is 606 g/mol. The number of hydroxylamine groups is 1. The summed E-state index contributed by atoms with van der Waals surface area (Å²) in [7, 11) is 0. The van der Waals surface area contributed by atoms with E-state index in [-0.39, 0.29) is 45.7 Å². The molecular formula is C21H36N5O4W-. The molecule has 0 bridgehead atoms. The third-order valence-electron chi connectivity index (χ3n) is 5.66. The number of carbonyl (C=O) groups excluding carboxylic acids is 1. The topological polar surface area (TPSA) is 112 Å². The summed E-state index contributed by atoms with van der Waals surface area (Å²) in [5, 5.41) is 19.1. The van der Waals surface area contributed by atoms with Crippen molar-refractivity contribution < 1.29 is 40.8 Å². The molecule has 2 aliphatic carbocycles. The first-order valence-corrected chi connectivity index (χ1v) is 11.2. The number of nitrogens with zero attached hydrogens (tertiary/aromatic N) is 3. The van der Waals surface area contributed by atoms with E-state index in [4.69, 9.17) is 15.0 Å². The molecule has 0 radical (unpaired) electrons. The van der Waals surface area contributed by atoms with E-state index in [0.29, 0.717) is 23.6 Å². The predicted octanol–water partition coefficient (Wildman–Crippen LogP) is 2.83. The fraction of sp³-hybridized carbons (Fsp3) is 0.810. The summed E-state index contributed by atoms with van der Waals surface area (Å²) in [5.74, 6) is 1.92. The second kappa shape index (κ2) is 13.0. The average Bonchev–Trinajstić information content (AvgIpc) is 3.62. The smallest absolute Gasteiger partial charge is 0.258 e. The maximum Gasteiger partial charge on any atom is 0.258 e. The Balaban J connectivity index is 0.00000341. The van der Waals surface area contributed by atoms with Gasteiger partial charge < -0.3 is 20.9 Å². The van der Waals surface area contributed by atoms with Gasteiger partial charge in [-0.05, 0) is 56.4 Å². The summed E-state index contributed by atoms with van der Waals surface area (Å²) in [6.07, 6.45) is 6.70. The molecule has 1 heterocycles. The monoisotopic (exact) mass is 606 g/mol. The van der Waals surface area contributed by atoms with Crippen LogP contribution in [0.4, 0.5) is 5.82 Å². The Morgan fingerprint density at radius 1 is 1.29 bits per heavy atom. The van der Waals surface area contributed by atoms with E-state index < -0.39 is 6.10 Å². The van der Waals surface area contributed by atoms with Gasteiger partial charge >= 0.3 is 0 Å². The largest absolute Gasteiger partial charge is 0.498 e. The zero-order valence-corrected chi connectivity index (χ0v) is 21.6. The number of aromatic nitrogens is 2. The number of amides is 1. The number of anilines is 1. The van der Waals surface area contributed by atoms with Crippen molar-refractivity contribution in [2.75, 3.05) is 18.6 Å². The molecule has 2 unspecified atom stereocenters. The van der Waals surface area contributed by atoms with Gasteiger partial charge in [-0.2, -0.15) is 5.10 Å². The van der Waals surface area contributed by atoms with Gasteiger partial charge in [0, 0.05) is 45.8 Å². The van der Waals surface area contributed by atoms with Gasteiger partial charge in [-0.1, -0.05) is 20.8 Å². The van der Waals surface area contributed by atoms with E-state index in [1.165, 1.54) is 0 Å². The third kappa shape index (κ3) is 8.91. The number of hydrogen-bond acceptors (Lipinski definition) is 6. The van der Waals surface area contributed by atoms with Gasteiger partial charge in [0.2, 0.25) is 0 Å². The Labute approximate surface area is 199 Å². The molecule has 0 aliphatic heterocycles. The van der Waals surface area contributed by atoms with E-state index in [1.807, 2.05) is 24.7 Å². The molecule has 0 aromatic carbocycles. The van der Waals surface area contributed by atoms with Crippen molar-refractivity contribution in [3.05, 3.63) is 17.7 Å². The molecule has 2 aliphatic rings. The van der Waals surface area contributed by atoms with Crippen LogP contribution in [0.2, 0.25) is 0 Å². The van der Waals surface area contributed by atoms with Crippen molar-refractivity contribution in [1.82, 2.24) is 15.1 Å². The zero-order valence-electron chi connectivity index (χ0n) is 18.7. The molecule has 1 aromatic rings.